The fourth-order valence-corrected chi connectivity index (χ4v) is 1.85. The van der Waals surface area contributed by atoms with Gasteiger partial charge in [-0.05, 0) is 25.7 Å². The molecule has 88 valence electrons. The molecule has 0 aromatic heterocycles. The molecule has 1 N–H and O–H groups in total. The molecule has 1 atom stereocenters. The number of rotatable bonds is 6. The summed E-state index contributed by atoms with van der Waals surface area (Å²) >= 11 is 0. The monoisotopic (exact) mass is 216 g/mol. The highest BCUT2D eigenvalue weighted by Gasteiger charge is 2.36. The van der Waals surface area contributed by atoms with Gasteiger partial charge in [0, 0.05) is 6.61 Å². The van der Waals surface area contributed by atoms with Gasteiger partial charge in [0.05, 0.1) is 12.7 Å². The summed E-state index contributed by atoms with van der Waals surface area (Å²) < 4.78 is 10.9. The summed E-state index contributed by atoms with van der Waals surface area (Å²) in [6, 6.07) is 0. The van der Waals surface area contributed by atoms with E-state index in [1.165, 1.54) is 0 Å². The van der Waals surface area contributed by atoms with Gasteiger partial charge in [-0.3, -0.25) is 0 Å². The van der Waals surface area contributed by atoms with Gasteiger partial charge in [-0.25, -0.2) is 4.79 Å². The summed E-state index contributed by atoms with van der Waals surface area (Å²) in [5.74, 6) is -0.870. The molecule has 0 aromatic carbocycles. The predicted molar refractivity (Wildman–Crippen MR) is 55.9 cm³/mol. The Morgan fingerprint density at radius 3 is 2.60 bits per heavy atom. The number of hydrogen-bond donors (Lipinski definition) is 1. The van der Waals surface area contributed by atoms with Crippen molar-refractivity contribution in [3.8, 4) is 0 Å². The highest BCUT2D eigenvalue weighted by Crippen LogP contribution is 2.23. The van der Waals surface area contributed by atoms with Gasteiger partial charge in [-0.15, -0.1) is 0 Å². The number of carboxylic acids is 1. The van der Waals surface area contributed by atoms with E-state index >= 15 is 0 Å². The Balaban J connectivity index is 2.46. The second-order valence-corrected chi connectivity index (χ2v) is 3.95. The normalized spacial score (nSPS) is 21.9. The zero-order chi connectivity index (χ0) is 11.3. The second-order valence-electron chi connectivity index (χ2n) is 3.95. The lowest BCUT2D eigenvalue weighted by atomic mass is 9.97. The summed E-state index contributed by atoms with van der Waals surface area (Å²) in [4.78, 5) is 11.1. The van der Waals surface area contributed by atoms with E-state index in [-0.39, 0.29) is 6.10 Å². The van der Waals surface area contributed by atoms with Crippen molar-refractivity contribution in [1.29, 1.82) is 0 Å². The maximum Gasteiger partial charge on any atom is 0.335 e. The molecule has 0 spiro atoms. The summed E-state index contributed by atoms with van der Waals surface area (Å²) in [5.41, 5.74) is -1.02. The molecule has 0 aliphatic carbocycles. The molecule has 1 aliphatic heterocycles. The summed E-state index contributed by atoms with van der Waals surface area (Å²) in [6.45, 7) is 4.85. The molecule has 0 radical (unpaired) electrons. The largest absolute Gasteiger partial charge is 0.479 e. The molecule has 0 saturated carbocycles. The van der Waals surface area contributed by atoms with Gasteiger partial charge in [0.25, 0.3) is 0 Å². The Labute approximate surface area is 90.6 Å². The van der Waals surface area contributed by atoms with E-state index in [1.54, 1.807) is 0 Å². The third kappa shape index (κ3) is 2.92. The van der Waals surface area contributed by atoms with Crippen LogP contribution in [0.1, 0.15) is 39.5 Å². The van der Waals surface area contributed by atoms with Crippen LogP contribution in [-0.4, -0.2) is 36.0 Å². The van der Waals surface area contributed by atoms with Crippen LogP contribution in [0.4, 0.5) is 0 Å². The van der Waals surface area contributed by atoms with Crippen molar-refractivity contribution in [2.45, 2.75) is 51.2 Å². The Kier molecular flexibility index (Phi) is 4.54. The molecule has 1 aliphatic rings. The summed E-state index contributed by atoms with van der Waals surface area (Å²) in [6.07, 6.45) is 3.09. The van der Waals surface area contributed by atoms with E-state index in [2.05, 4.69) is 0 Å². The second kappa shape index (κ2) is 5.47. The van der Waals surface area contributed by atoms with Crippen molar-refractivity contribution in [2.75, 3.05) is 13.2 Å². The highest BCUT2D eigenvalue weighted by molar-refractivity contribution is 5.77. The minimum absolute atomic E-state index is 0.0850. The van der Waals surface area contributed by atoms with Gasteiger partial charge in [0.1, 0.15) is 0 Å². The topological polar surface area (TPSA) is 55.8 Å². The highest BCUT2D eigenvalue weighted by atomic mass is 16.6. The van der Waals surface area contributed by atoms with Crippen LogP contribution in [0, 0.1) is 0 Å². The Morgan fingerprint density at radius 2 is 2.20 bits per heavy atom. The van der Waals surface area contributed by atoms with Gasteiger partial charge in [-0.1, -0.05) is 13.8 Å². The minimum Gasteiger partial charge on any atom is -0.479 e. The maximum atomic E-state index is 11.1. The fourth-order valence-electron chi connectivity index (χ4n) is 1.85. The van der Waals surface area contributed by atoms with E-state index in [4.69, 9.17) is 14.6 Å². The molecule has 4 heteroatoms. The average molecular weight is 216 g/mol. The van der Waals surface area contributed by atoms with E-state index in [0.717, 1.165) is 19.4 Å². The van der Waals surface area contributed by atoms with Crippen LogP contribution >= 0.6 is 0 Å². The molecule has 0 bridgehead atoms. The van der Waals surface area contributed by atoms with Gasteiger partial charge < -0.3 is 14.6 Å². The third-order valence-corrected chi connectivity index (χ3v) is 3.10. The Bertz CT molecular complexity index is 205. The van der Waals surface area contributed by atoms with Crippen molar-refractivity contribution in [3.05, 3.63) is 0 Å². The first-order valence-electron chi connectivity index (χ1n) is 5.63. The van der Waals surface area contributed by atoms with Crippen molar-refractivity contribution >= 4 is 5.97 Å². The number of ether oxygens (including phenoxy) is 2. The van der Waals surface area contributed by atoms with Crippen LogP contribution in [-0.2, 0) is 14.3 Å². The van der Waals surface area contributed by atoms with E-state index in [1.807, 2.05) is 13.8 Å². The van der Waals surface area contributed by atoms with Crippen LogP contribution in [0.2, 0.25) is 0 Å². The first kappa shape index (κ1) is 12.5. The van der Waals surface area contributed by atoms with Crippen LogP contribution in [0.5, 0.6) is 0 Å². The number of carboxylic acid groups (broad SMARTS) is 1. The average Bonchev–Trinajstić information content (AvgIpc) is 2.72. The van der Waals surface area contributed by atoms with Crippen molar-refractivity contribution in [3.63, 3.8) is 0 Å². The Hall–Kier alpha value is -0.610. The molecule has 1 unspecified atom stereocenters. The lowest BCUT2D eigenvalue weighted by Gasteiger charge is -2.28. The molecule has 1 saturated heterocycles. The number of carbonyl (C=O) groups is 1. The van der Waals surface area contributed by atoms with Crippen LogP contribution in [0.15, 0.2) is 0 Å². The lowest BCUT2D eigenvalue weighted by molar-refractivity contribution is -0.171. The van der Waals surface area contributed by atoms with E-state index < -0.39 is 11.6 Å². The zero-order valence-corrected chi connectivity index (χ0v) is 9.49. The molecule has 1 fully saturated rings. The van der Waals surface area contributed by atoms with Crippen molar-refractivity contribution in [2.24, 2.45) is 0 Å². The smallest absolute Gasteiger partial charge is 0.335 e. The number of hydrogen-bond acceptors (Lipinski definition) is 3. The molecule has 1 heterocycles. The first-order valence-corrected chi connectivity index (χ1v) is 5.63. The molecule has 4 nitrogen and oxygen atoms in total. The molecular formula is C11H20O4. The summed E-state index contributed by atoms with van der Waals surface area (Å²) in [7, 11) is 0. The molecule has 1 rings (SSSR count). The molecule has 0 amide bonds. The molecule has 15 heavy (non-hydrogen) atoms. The quantitative estimate of drug-likeness (QED) is 0.736. The van der Waals surface area contributed by atoms with Crippen LogP contribution < -0.4 is 0 Å². The van der Waals surface area contributed by atoms with Crippen molar-refractivity contribution < 1.29 is 19.4 Å². The standard InChI is InChI=1S/C11H20O4/c1-3-11(4-2,10(12)13)15-8-9-6-5-7-14-9/h9H,3-8H2,1-2H3,(H,12,13). The predicted octanol–water partition coefficient (Wildman–Crippen LogP) is 1.83. The van der Waals surface area contributed by atoms with Gasteiger partial charge in [-0.2, -0.15) is 0 Å². The van der Waals surface area contributed by atoms with E-state index in [0.29, 0.717) is 19.4 Å². The number of aliphatic carboxylic acids is 1. The zero-order valence-electron chi connectivity index (χ0n) is 9.49. The van der Waals surface area contributed by atoms with E-state index in [9.17, 15) is 4.79 Å². The lowest BCUT2D eigenvalue weighted by Crippen LogP contribution is -2.42. The van der Waals surface area contributed by atoms with Crippen LogP contribution in [0.25, 0.3) is 0 Å². The van der Waals surface area contributed by atoms with Crippen LogP contribution in [0.3, 0.4) is 0 Å². The first-order chi connectivity index (χ1) is 7.14. The maximum absolute atomic E-state index is 11.1. The van der Waals surface area contributed by atoms with Gasteiger partial charge in [0.2, 0.25) is 0 Å². The van der Waals surface area contributed by atoms with Gasteiger partial charge >= 0.3 is 5.97 Å². The van der Waals surface area contributed by atoms with Crippen molar-refractivity contribution in [1.82, 2.24) is 0 Å². The summed E-state index contributed by atoms with van der Waals surface area (Å²) in [5, 5.41) is 9.13. The fraction of sp³-hybridized carbons (Fsp3) is 0.909. The van der Waals surface area contributed by atoms with Gasteiger partial charge in [0.15, 0.2) is 5.60 Å². The SMILES string of the molecule is CCC(CC)(OCC1CCCO1)C(=O)O. The molecular weight excluding hydrogens is 196 g/mol. The Morgan fingerprint density at radius 1 is 1.53 bits per heavy atom. The molecule has 0 aromatic rings. The third-order valence-electron chi connectivity index (χ3n) is 3.10. The minimum atomic E-state index is -1.02.